The number of hydrogen-bond acceptors (Lipinski definition) is 5. The molecule has 0 spiro atoms. The van der Waals surface area contributed by atoms with Crippen LogP contribution in [0.15, 0.2) is 53.4 Å². The lowest BCUT2D eigenvalue weighted by molar-refractivity contribution is -0.145. The summed E-state index contributed by atoms with van der Waals surface area (Å²) in [6.45, 7) is 1.40. The Morgan fingerprint density at radius 2 is 1.73 bits per heavy atom. The number of hydrogen-bond donors (Lipinski definition) is 1. The molecule has 0 fully saturated rings. The third kappa shape index (κ3) is 5.98. The van der Waals surface area contributed by atoms with Gasteiger partial charge in [0.2, 0.25) is 10.0 Å². The van der Waals surface area contributed by atoms with E-state index in [1.165, 1.54) is 6.92 Å². The van der Waals surface area contributed by atoms with Crippen molar-refractivity contribution in [3.05, 3.63) is 59.4 Å². The molecular weight excluding hydrogens is 385 g/mol. The van der Waals surface area contributed by atoms with Gasteiger partial charge in [0.15, 0.2) is 0 Å². The van der Waals surface area contributed by atoms with E-state index in [0.29, 0.717) is 10.8 Å². The molecule has 0 aliphatic carbocycles. The van der Waals surface area contributed by atoms with Crippen LogP contribution in [0.3, 0.4) is 0 Å². The molecule has 9 heteroatoms. The lowest BCUT2D eigenvalue weighted by Gasteiger charge is -2.14. The molecule has 0 bridgehead atoms. The third-order valence-electron chi connectivity index (χ3n) is 3.22. The monoisotopic (exact) mass is 401 g/mol. The average molecular weight is 402 g/mol. The first-order valence-electron chi connectivity index (χ1n) is 7.61. The topological polar surface area (TPSA) is 81.7 Å². The maximum atomic E-state index is 12.9. The van der Waals surface area contributed by atoms with Gasteiger partial charge in [0.1, 0.15) is 30.8 Å². The highest BCUT2D eigenvalue weighted by Gasteiger charge is 2.23. The van der Waals surface area contributed by atoms with Crippen molar-refractivity contribution >= 4 is 27.6 Å². The Labute approximate surface area is 155 Å². The van der Waals surface area contributed by atoms with Crippen LogP contribution < -0.4 is 9.46 Å². The van der Waals surface area contributed by atoms with Crippen LogP contribution in [0.25, 0.3) is 0 Å². The van der Waals surface area contributed by atoms with Crippen LogP contribution in [-0.4, -0.2) is 33.6 Å². The minimum Gasteiger partial charge on any atom is -0.490 e. The van der Waals surface area contributed by atoms with E-state index in [0.717, 1.165) is 24.3 Å². The fourth-order valence-electron chi connectivity index (χ4n) is 1.92. The predicted molar refractivity (Wildman–Crippen MR) is 94.1 cm³/mol. The second-order valence-corrected chi connectivity index (χ2v) is 7.42. The Morgan fingerprint density at radius 3 is 2.35 bits per heavy atom. The summed E-state index contributed by atoms with van der Waals surface area (Å²) in [6, 6.07) is 9.81. The summed E-state index contributed by atoms with van der Waals surface area (Å²) in [4.78, 5) is 11.7. The lowest BCUT2D eigenvalue weighted by atomic mass is 10.3. The average Bonchev–Trinajstić information content (AvgIpc) is 2.60. The molecule has 6 nitrogen and oxygen atoms in total. The van der Waals surface area contributed by atoms with Crippen LogP contribution in [0.4, 0.5) is 4.39 Å². The minimum atomic E-state index is -3.96. The molecule has 0 heterocycles. The van der Waals surface area contributed by atoms with Crippen molar-refractivity contribution in [1.29, 1.82) is 0 Å². The molecule has 0 aliphatic rings. The molecule has 0 radical (unpaired) electrons. The number of nitrogens with one attached hydrogen (secondary N) is 1. The number of benzene rings is 2. The van der Waals surface area contributed by atoms with Crippen LogP contribution in [-0.2, 0) is 19.6 Å². The predicted octanol–water partition coefficient (Wildman–Crippen LogP) is 2.77. The van der Waals surface area contributed by atoms with E-state index in [4.69, 9.17) is 21.1 Å². The molecule has 0 saturated heterocycles. The van der Waals surface area contributed by atoms with Gasteiger partial charge in [0, 0.05) is 5.02 Å². The normalized spacial score (nSPS) is 12.4. The first kappa shape index (κ1) is 20.2. The fourth-order valence-corrected chi connectivity index (χ4v) is 3.24. The first-order chi connectivity index (χ1) is 12.3. The molecular formula is C17H17ClFNO5S. The van der Waals surface area contributed by atoms with Crippen LogP contribution in [0, 0.1) is 5.82 Å². The Balaban J connectivity index is 1.79. The van der Waals surface area contributed by atoms with Crippen LogP contribution >= 0.6 is 11.6 Å². The Kier molecular flexibility index (Phi) is 6.96. The highest BCUT2D eigenvalue weighted by atomic mass is 35.5. The quantitative estimate of drug-likeness (QED) is 0.543. The molecule has 0 saturated carbocycles. The molecule has 2 aromatic rings. The van der Waals surface area contributed by atoms with Gasteiger partial charge in [-0.3, -0.25) is 4.79 Å². The molecule has 2 aromatic carbocycles. The number of esters is 1. The van der Waals surface area contributed by atoms with Crippen LogP contribution in [0.1, 0.15) is 6.92 Å². The van der Waals surface area contributed by atoms with Gasteiger partial charge in [-0.1, -0.05) is 11.6 Å². The summed E-state index contributed by atoms with van der Waals surface area (Å²) in [6.07, 6.45) is 0. The smallest absolute Gasteiger partial charge is 0.324 e. The van der Waals surface area contributed by atoms with E-state index in [9.17, 15) is 17.6 Å². The summed E-state index contributed by atoms with van der Waals surface area (Å²) in [7, 11) is -3.96. The van der Waals surface area contributed by atoms with Crippen molar-refractivity contribution in [2.75, 3.05) is 13.2 Å². The number of carbonyl (C=O) groups excluding carboxylic acids is 1. The highest BCUT2D eigenvalue weighted by Crippen LogP contribution is 2.15. The summed E-state index contributed by atoms with van der Waals surface area (Å²) in [5, 5.41) is 0.575. The van der Waals surface area contributed by atoms with Gasteiger partial charge in [0.25, 0.3) is 0 Å². The second kappa shape index (κ2) is 8.98. The largest absolute Gasteiger partial charge is 0.490 e. The Morgan fingerprint density at radius 1 is 1.12 bits per heavy atom. The number of ether oxygens (including phenoxy) is 2. The van der Waals surface area contributed by atoms with Crippen molar-refractivity contribution in [3.63, 3.8) is 0 Å². The number of carbonyl (C=O) groups is 1. The molecule has 2 rings (SSSR count). The van der Waals surface area contributed by atoms with E-state index in [2.05, 4.69) is 4.72 Å². The molecule has 0 aliphatic heterocycles. The molecule has 26 heavy (non-hydrogen) atoms. The van der Waals surface area contributed by atoms with E-state index in [1.54, 1.807) is 24.3 Å². The van der Waals surface area contributed by atoms with Gasteiger partial charge in [-0.15, -0.1) is 0 Å². The van der Waals surface area contributed by atoms with E-state index < -0.39 is 27.9 Å². The number of halogens is 2. The SMILES string of the molecule is C[C@H](NS(=O)(=O)c1ccc(F)cc1)C(=O)OCCOc1ccc(Cl)cc1. The summed E-state index contributed by atoms with van der Waals surface area (Å²) in [5.41, 5.74) is 0. The zero-order valence-electron chi connectivity index (χ0n) is 13.8. The fraction of sp³-hybridized carbons (Fsp3) is 0.235. The van der Waals surface area contributed by atoms with Gasteiger partial charge < -0.3 is 9.47 Å². The standard InChI is InChI=1S/C17H17ClFNO5S/c1-12(20-26(22,23)16-8-4-14(19)5-9-16)17(21)25-11-10-24-15-6-2-13(18)3-7-15/h2-9,12,20H,10-11H2,1H3/t12-/m0/s1. The van der Waals surface area contributed by atoms with Crippen molar-refractivity contribution in [2.45, 2.75) is 17.9 Å². The minimum absolute atomic E-state index is 0.0515. The van der Waals surface area contributed by atoms with E-state index >= 15 is 0 Å². The third-order valence-corrected chi connectivity index (χ3v) is 5.03. The molecule has 140 valence electrons. The lowest BCUT2D eigenvalue weighted by Crippen LogP contribution is -2.39. The maximum absolute atomic E-state index is 12.9. The molecule has 0 aromatic heterocycles. The summed E-state index contributed by atoms with van der Waals surface area (Å²) in [5.74, 6) is -0.747. The van der Waals surface area contributed by atoms with E-state index in [-0.39, 0.29) is 18.1 Å². The van der Waals surface area contributed by atoms with Crippen molar-refractivity contribution in [1.82, 2.24) is 4.72 Å². The number of rotatable bonds is 8. The zero-order valence-corrected chi connectivity index (χ0v) is 15.4. The van der Waals surface area contributed by atoms with E-state index in [1.807, 2.05) is 0 Å². The van der Waals surface area contributed by atoms with Crippen LogP contribution in [0.5, 0.6) is 5.75 Å². The summed E-state index contributed by atoms with van der Waals surface area (Å²) < 4.78 is 49.6. The molecule has 0 unspecified atom stereocenters. The van der Waals surface area contributed by atoms with Crippen molar-refractivity contribution in [3.8, 4) is 5.75 Å². The molecule has 1 N–H and O–H groups in total. The van der Waals surface area contributed by atoms with Gasteiger partial charge in [-0.25, -0.2) is 12.8 Å². The van der Waals surface area contributed by atoms with Crippen molar-refractivity contribution in [2.24, 2.45) is 0 Å². The highest BCUT2D eigenvalue weighted by molar-refractivity contribution is 7.89. The van der Waals surface area contributed by atoms with Crippen LogP contribution in [0.2, 0.25) is 5.02 Å². The second-order valence-electron chi connectivity index (χ2n) is 5.27. The molecule has 1 atom stereocenters. The maximum Gasteiger partial charge on any atom is 0.324 e. The summed E-state index contributed by atoms with van der Waals surface area (Å²) >= 11 is 5.75. The number of sulfonamides is 1. The van der Waals surface area contributed by atoms with Gasteiger partial charge in [-0.2, -0.15) is 4.72 Å². The van der Waals surface area contributed by atoms with Gasteiger partial charge in [0.05, 0.1) is 4.90 Å². The first-order valence-corrected chi connectivity index (χ1v) is 9.47. The Hall–Kier alpha value is -2.16. The molecule has 0 amide bonds. The van der Waals surface area contributed by atoms with Gasteiger partial charge in [-0.05, 0) is 55.5 Å². The van der Waals surface area contributed by atoms with Gasteiger partial charge >= 0.3 is 5.97 Å². The zero-order chi connectivity index (χ0) is 19.2. The van der Waals surface area contributed by atoms with Crippen molar-refractivity contribution < 1.29 is 27.1 Å². The Bertz CT molecular complexity index is 840.